The molecule has 1 amide bonds. The molecule has 0 atom stereocenters. The fraction of sp³-hybridized carbons (Fsp3) is 0.107. The molecule has 6 nitrogen and oxygen atoms in total. The van der Waals surface area contributed by atoms with Crippen molar-refractivity contribution in [2.24, 2.45) is 0 Å². The van der Waals surface area contributed by atoms with Crippen LogP contribution in [0.1, 0.15) is 33.0 Å². The summed E-state index contributed by atoms with van der Waals surface area (Å²) in [7, 11) is 3.06. The molecule has 3 N–H and O–H groups in total. The van der Waals surface area contributed by atoms with E-state index < -0.39 is 0 Å². The second-order valence-corrected chi connectivity index (χ2v) is 7.73. The van der Waals surface area contributed by atoms with Crippen LogP contribution in [0.15, 0.2) is 91.0 Å². The number of carbonyl (C=O) groups excluding carboxylic acids is 1. The lowest BCUT2D eigenvalue weighted by molar-refractivity contribution is 0.102. The lowest BCUT2D eigenvalue weighted by Crippen LogP contribution is -2.15. The van der Waals surface area contributed by atoms with Gasteiger partial charge in [-0.1, -0.05) is 42.5 Å². The fourth-order valence-electron chi connectivity index (χ4n) is 3.92. The summed E-state index contributed by atoms with van der Waals surface area (Å²) in [5.41, 5.74) is 3.80. The first-order chi connectivity index (χ1) is 16.5. The zero-order chi connectivity index (χ0) is 24.1. The molecule has 6 heteroatoms. The highest BCUT2D eigenvalue weighted by Crippen LogP contribution is 2.37. The summed E-state index contributed by atoms with van der Waals surface area (Å²) >= 11 is 0. The molecule has 4 aromatic carbocycles. The van der Waals surface area contributed by atoms with E-state index in [4.69, 9.17) is 9.47 Å². The van der Waals surface area contributed by atoms with Gasteiger partial charge in [-0.05, 0) is 65.2 Å². The molecule has 0 unspecified atom stereocenters. The van der Waals surface area contributed by atoms with Crippen LogP contribution < -0.4 is 14.8 Å². The molecule has 0 saturated carbocycles. The van der Waals surface area contributed by atoms with Gasteiger partial charge in [-0.25, -0.2) is 0 Å². The quantitative estimate of drug-likeness (QED) is 0.318. The number of benzene rings is 4. The van der Waals surface area contributed by atoms with Gasteiger partial charge in [0.2, 0.25) is 0 Å². The number of phenolic OH excluding ortho intramolecular Hbond substituents is 2. The van der Waals surface area contributed by atoms with Gasteiger partial charge >= 0.3 is 0 Å². The van der Waals surface area contributed by atoms with E-state index in [9.17, 15) is 15.0 Å². The van der Waals surface area contributed by atoms with Crippen LogP contribution >= 0.6 is 0 Å². The number of phenols is 2. The Balaban J connectivity index is 1.74. The van der Waals surface area contributed by atoms with E-state index in [1.54, 1.807) is 49.6 Å². The maximum Gasteiger partial charge on any atom is 0.255 e. The van der Waals surface area contributed by atoms with E-state index in [0.717, 1.165) is 16.7 Å². The van der Waals surface area contributed by atoms with Gasteiger partial charge in [0.05, 0.1) is 14.2 Å². The standard InChI is InChI=1S/C28H25NO5/c1-33-25-16-11-20(17-26(25)34-2)28(32)29-24-6-4-3-5-23(24)27(18-7-12-21(30)13-8-18)19-9-14-22(31)15-10-19/h3-17,27,30-31H,1-2H3,(H,29,32). The number of nitrogens with one attached hydrogen (secondary N) is 1. The van der Waals surface area contributed by atoms with Crippen molar-refractivity contribution < 1.29 is 24.5 Å². The van der Waals surface area contributed by atoms with E-state index in [2.05, 4.69) is 5.32 Å². The van der Waals surface area contributed by atoms with E-state index in [1.165, 1.54) is 7.11 Å². The molecule has 0 aliphatic rings. The Bertz CT molecular complexity index is 1240. The maximum atomic E-state index is 13.1. The number of aromatic hydroxyl groups is 2. The largest absolute Gasteiger partial charge is 0.508 e. The SMILES string of the molecule is COc1ccc(C(=O)Nc2ccccc2C(c2ccc(O)cc2)c2ccc(O)cc2)cc1OC. The molecule has 0 spiro atoms. The van der Waals surface area contributed by atoms with Crippen molar-refractivity contribution in [3.05, 3.63) is 113 Å². The van der Waals surface area contributed by atoms with E-state index in [-0.39, 0.29) is 23.3 Å². The molecule has 4 aromatic rings. The van der Waals surface area contributed by atoms with E-state index in [1.807, 2.05) is 48.5 Å². The normalized spacial score (nSPS) is 10.7. The van der Waals surface area contributed by atoms with Crippen molar-refractivity contribution in [1.29, 1.82) is 0 Å². The van der Waals surface area contributed by atoms with Crippen LogP contribution in [-0.4, -0.2) is 30.3 Å². The lowest BCUT2D eigenvalue weighted by Gasteiger charge is -2.22. The van der Waals surface area contributed by atoms with Crippen LogP contribution in [0.5, 0.6) is 23.0 Å². The molecular formula is C28H25NO5. The Morgan fingerprint density at radius 2 is 1.29 bits per heavy atom. The number of para-hydroxylation sites is 1. The molecule has 0 radical (unpaired) electrons. The summed E-state index contributed by atoms with van der Waals surface area (Å²) in [5.74, 6) is 0.812. The van der Waals surface area contributed by atoms with Crippen molar-refractivity contribution in [3.63, 3.8) is 0 Å². The highest BCUT2D eigenvalue weighted by molar-refractivity contribution is 6.05. The monoisotopic (exact) mass is 455 g/mol. The Kier molecular flexibility index (Phi) is 6.69. The summed E-state index contributed by atoms with van der Waals surface area (Å²) < 4.78 is 10.6. The molecule has 0 saturated heterocycles. The third-order valence-electron chi connectivity index (χ3n) is 5.62. The third-order valence-corrected chi connectivity index (χ3v) is 5.62. The minimum absolute atomic E-state index is 0.170. The molecule has 0 heterocycles. The average Bonchev–Trinajstić information content (AvgIpc) is 2.87. The van der Waals surface area contributed by atoms with Gasteiger partial charge in [-0.2, -0.15) is 0 Å². The lowest BCUT2D eigenvalue weighted by atomic mass is 9.84. The average molecular weight is 456 g/mol. The number of carbonyl (C=O) groups is 1. The topological polar surface area (TPSA) is 88.0 Å². The predicted molar refractivity (Wildman–Crippen MR) is 131 cm³/mol. The number of anilines is 1. The summed E-state index contributed by atoms with van der Waals surface area (Å²) in [6.45, 7) is 0. The Hall–Kier alpha value is -4.45. The zero-order valence-electron chi connectivity index (χ0n) is 18.9. The van der Waals surface area contributed by atoms with Gasteiger partial charge in [0.15, 0.2) is 11.5 Å². The van der Waals surface area contributed by atoms with Gasteiger partial charge in [-0.15, -0.1) is 0 Å². The first kappa shape index (κ1) is 22.7. The van der Waals surface area contributed by atoms with Crippen LogP contribution in [0, 0.1) is 0 Å². The molecule has 0 aliphatic heterocycles. The number of amides is 1. The highest BCUT2D eigenvalue weighted by Gasteiger charge is 2.21. The van der Waals surface area contributed by atoms with Crippen LogP contribution in [0.3, 0.4) is 0 Å². The molecular weight excluding hydrogens is 430 g/mol. The van der Waals surface area contributed by atoms with Crippen molar-refractivity contribution in [2.45, 2.75) is 5.92 Å². The van der Waals surface area contributed by atoms with Crippen LogP contribution in [-0.2, 0) is 0 Å². The van der Waals surface area contributed by atoms with Crippen molar-refractivity contribution >= 4 is 11.6 Å². The Labute approximate surface area is 198 Å². The van der Waals surface area contributed by atoms with Crippen molar-refractivity contribution in [2.75, 3.05) is 19.5 Å². The zero-order valence-corrected chi connectivity index (χ0v) is 18.9. The van der Waals surface area contributed by atoms with Gasteiger partial charge in [0.25, 0.3) is 5.91 Å². The van der Waals surface area contributed by atoms with Gasteiger partial charge < -0.3 is 25.0 Å². The minimum atomic E-state index is -0.288. The van der Waals surface area contributed by atoms with Gasteiger partial charge in [-0.3, -0.25) is 4.79 Å². The van der Waals surface area contributed by atoms with Crippen LogP contribution in [0.25, 0.3) is 0 Å². The summed E-state index contributed by atoms with van der Waals surface area (Å²) in [6, 6.07) is 26.5. The summed E-state index contributed by atoms with van der Waals surface area (Å²) in [4.78, 5) is 13.1. The summed E-state index contributed by atoms with van der Waals surface area (Å²) in [6.07, 6.45) is 0. The fourth-order valence-corrected chi connectivity index (χ4v) is 3.92. The second kappa shape index (κ2) is 10.0. The van der Waals surface area contributed by atoms with Gasteiger partial charge in [0.1, 0.15) is 11.5 Å². The molecule has 34 heavy (non-hydrogen) atoms. The third kappa shape index (κ3) is 4.81. The number of hydrogen-bond acceptors (Lipinski definition) is 5. The second-order valence-electron chi connectivity index (χ2n) is 7.73. The van der Waals surface area contributed by atoms with Gasteiger partial charge in [0, 0.05) is 17.2 Å². The first-order valence-electron chi connectivity index (χ1n) is 10.7. The number of methoxy groups -OCH3 is 2. The number of rotatable bonds is 7. The molecule has 0 aliphatic carbocycles. The Morgan fingerprint density at radius 1 is 0.735 bits per heavy atom. The molecule has 172 valence electrons. The predicted octanol–water partition coefficient (Wildman–Crippen LogP) is 5.55. The van der Waals surface area contributed by atoms with Crippen molar-refractivity contribution in [3.8, 4) is 23.0 Å². The molecule has 0 fully saturated rings. The number of ether oxygens (including phenoxy) is 2. The number of hydrogen-bond donors (Lipinski definition) is 3. The Morgan fingerprint density at radius 3 is 1.85 bits per heavy atom. The van der Waals surface area contributed by atoms with E-state index in [0.29, 0.717) is 22.7 Å². The molecule has 0 aromatic heterocycles. The minimum Gasteiger partial charge on any atom is -0.508 e. The smallest absolute Gasteiger partial charge is 0.255 e. The van der Waals surface area contributed by atoms with Crippen LogP contribution in [0.4, 0.5) is 5.69 Å². The van der Waals surface area contributed by atoms with Crippen molar-refractivity contribution in [1.82, 2.24) is 0 Å². The first-order valence-corrected chi connectivity index (χ1v) is 10.7. The van der Waals surface area contributed by atoms with Crippen LogP contribution in [0.2, 0.25) is 0 Å². The summed E-state index contributed by atoms with van der Waals surface area (Å²) in [5, 5.41) is 22.6. The highest BCUT2D eigenvalue weighted by atomic mass is 16.5. The molecule has 4 rings (SSSR count). The molecule has 0 bridgehead atoms. The maximum absolute atomic E-state index is 13.1. The van der Waals surface area contributed by atoms with E-state index >= 15 is 0 Å².